The highest BCUT2D eigenvalue weighted by Gasteiger charge is 2.27. The average molecular weight is 398 g/mol. The van der Waals surface area contributed by atoms with Crippen molar-refractivity contribution in [3.05, 3.63) is 52.0 Å². The molecule has 3 aromatic heterocycles. The van der Waals surface area contributed by atoms with Crippen molar-refractivity contribution in [3.8, 4) is 0 Å². The van der Waals surface area contributed by atoms with Crippen LogP contribution in [0.1, 0.15) is 42.5 Å². The van der Waals surface area contributed by atoms with Gasteiger partial charge >= 0.3 is 5.97 Å². The molecule has 6 nitrogen and oxygen atoms in total. The van der Waals surface area contributed by atoms with Crippen LogP contribution in [0.15, 0.2) is 35.2 Å². The fourth-order valence-electron chi connectivity index (χ4n) is 3.92. The summed E-state index contributed by atoms with van der Waals surface area (Å²) < 4.78 is 2.25. The third-order valence-electron chi connectivity index (χ3n) is 5.32. The summed E-state index contributed by atoms with van der Waals surface area (Å²) in [6.45, 7) is 2.05. The summed E-state index contributed by atoms with van der Waals surface area (Å²) >= 11 is 1.68. The van der Waals surface area contributed by atoms with Gasteiger partial charge in [0, 0.05) is 36.7 Å². The second-order valence-corrected chi connectivity index (χ2v) is 7.96. The van der Waals surface area contributed by atoms with Crippen molar-refractivity contribution >= 4 is 34.2 Å². The zero-order valence-corrected chi connectivity index (χ0v) is 16.5. The van der Waals surface area contributed by atoms with Gasteiger partial charge in [-0.2, -0.15) is 11.3 Å². The average Bonchev–Trinajstić information content (AvgIpc) is 3.32. The molecule has 146 valence electrons. The van der Waals surface area contributed by atoms with Crippen LogP contribution in [0.4, 0.5) is 0 Å². The predicted octanol–water partition coefficient (Wildman–Crippen LogP) is 3.68. The van der Waals surface area contributed by atoms with Crippen molar-refractivity contribution in [2.75, 3.05) is 6.54 Å². The van der Waals surface area contributed by atoms with Crippen molar-refractivity contribution in [2.45, 2.75) is 45.2 Å². The number of unbranched alkanes of at least 4 members (excludes halogenated alkanes) is 1. The molecular weight excluding hydrogens is 374 g/mol. The lowest BCUT2D eigenvalue weighted by molar-refractivity contribution is -0.137. The summed E-state index contributed by atoms with van der Waals surface area (Å²) in [4.78, 5) is 29.8. The number of carboxylic acid groups (broad SMARTS) is 1. The molecule has 3 aromatic rings. The van der Waals surface area contributed by atoms with Crippen LogP contribution in [-0.4, -0.2) is 38.0 Å². The Bertz CT molecular complexity index is 994. The van der Waals surface area contributed by atoms with Gasteiger partial charge in [0.05, 0.1) is 13.1 Å². The summed E-state index contributed by atoms with van der Waals surface area (Å²) in [7, 11) is 0. The van der Waals surface area contributed by atoms with Crippen molar-refractivity contribution < 1.29 is 14.7 Å². The van der Waals surface area contributed by atoms with Crippen LogP contribution >= 0.6 is 11.3 Å². The molecule has 0 saturated carbocycles. The molecule has 0 spiro atoms. The highest BCUT2D eigenvalue weighted by molar-refractivity contribution is 7.07. The molecule has 1 N–H and O–H groups in total. The third kappa shape index (κ3) is 3.80. The van der Waals surface area contributed by atoms with Gasteiger partial charge in [-0.15, -0.1) is 0 Å². The molecular formula is C21H23N3O3S. The van der Waals surface area contributed by atoms with E-state index in [1.54, 1.807) is 11.3 Å². The number of hydrogen-bond acceptors (Lipinski definition) is 4. The number of carbonyl (C=O) groups excluding carboxylic acids is 1. The van der Waals surface area contributed by atoms with Crippen LogP contribution in [0.2, 0.25) is 0 Å². The molecule has 0 saturated heterocycles. The molecule has 4 rings (SSSR count). The standard InChI is InChI=1S/C21H23N3O3S/c25-19(5-1-2-6-20(26)27)23-10-7-16-17-4-3-9-22-21(17)24(18(16)13-23)12-15-8-11-28-14-15/h3-4,8-9,11,14H,1-2,5-7,10,12-13H2,(H,26,27). The topological polar surface area (TPSA) is 75.4 Å². The van der Waals surface area contributed by atoms with E-state index < -0.39 is 5.97 Å². The molecule has 0 unspecified atom stereocenters. The normalized spacial score (nSPS) is 13.6. The summed E-state index contributed by atoms with van der Waals surface area (Å²) in [5, 5.41) is 14.1. The number of thiophene rings is 1. The van der Waals surface area contributed by atoms with Crippen LogP contribution in [0.5, 0.6) is 0 Å². The Labute approximate surface area is 167 Å². The van der Waals surface area contributed by atoms with E-state index in [9.17, 15) is 9.59 Å². The largest absolute Gasteiger partial charge is 0.481 e. The molecule has 4 heterocycles. The predicted molar refractivity (Wildman–Crippen MR) is 108 cm³/mol. The zero-order chi connectivity index (χ0) is 19.5. The van der Waals surface area contributed by atoms with Crippen LogP contribution in [-0.2, 0) is 29.1 Å². The number of carboxylic acids is 1. The highest BCUT2D eigenvalue weighted by Crippen LogP contribution is 2.31. The lowest BCUT2D eigenvalue weighted by Gasteiger charge is -2.28. The maximum absolute atomic E-state index is 12.7. The van der Waals surface area contributed by atoms with Crippen LogP contribution in [0, 0.1) is 0 Å². The fraction of sp³-hybridized carbons (Fsp3) is 0.381. The SMILES string of the molecule is O=C(O)CCCCC(=O)N1CCc2c(n(Cc3ccsc3)c3ncccc23)C1. The van der Waals surface area contributed by atoms with E-state index in [1.807, 2.05) is 17.2 Å². The maximum atomic E-state index is 12.7. The number of aromatic nitrogens is 2. The fourth-order valence-corrected chi connectivity index (χ4v) is 4.58. The number of hydrogen-bond donors (Lipinski definition) is 1. The lowest BCUT2D eigenvalue weighted by atomic mass is 10.0. The van der Waals surface area contributed by atoms with Gasteiger partial charge in [0.15, 0.2) is 0 Å². The Morgan fingerprint density at radius 2 is 2.07 bits per heavy atom. The number of rotatable bonds is 7. The van der Waals surface area contributed by atoms with Gasteiger partial charge in [-0.05, 0) is 59.3 Å². The number of pyridine rings is 1. The van der Waals surface area contributed by atoms with Crippen LogP contribution in [0.3, 0.4) is 0 Å². The second-order valence-electron chi connectivity index (χ2n) is 7.18. The van der Waals surface area contributed by atoms with Gasteiger partial charge < -0.3 is 14.6 Å². The van der Waals surface area contributed by atoms with Gasteiger partial charge in [-0.25, -0.2) is 4.98 Å². The van der Waals surface area contributed by atoms with Crippen molar-refractivity contribution in [1.29, 1.82) is 0 Å². The van der Waals surface area contributed by atoms with E-state index in [4.69, 9.17) is 5.11 Å². The quantitative estimate of drug-likeness (QED) is 0.617. The molecule has 1 amide bonds. The Hall–Kier alpha value is -2.67. The van der Waals surface area contributed by atoms with Crippen molar-refractivity contribution in [1.82, 2.24) is 14.5 Å². The first-order chi connectivity index (χ1) is 13.6. The number of aliphatic carboxylic acids is 1. The maximum Gasteiger partial charge on any atom is 0.303 e. The first kappa shape index (κ1) is 18.7. The molecule has 0 radical (unpaired) electrons. The van der Waals surface area contributed by atoms with E-state index in [-0.39, 0.29) is 12.3 Å². The lowest BCUT2D eigenvalue weighted by Crippen LogP contribution is -2.36. The summed E-state index contributed by atoms with van der Waals surface area (Å²) in [5.74, 6) is -0.697. The molecule has 1 aliphatic heterocycles. The molecule has 1 aliphatic rings. The molecule has 0 fully saturated rings. The molecule has 0 bridgehead atoms. The minimum atomic E-state index is -0.805. The Morgan fingerprint density at radius 3 is 2.86 bits per heavy atom. The summed E-state index contributed by atoms with van der Waals surface area (Å²) in [6, 6.07) is 6.21. The Balaban J connectivity index is 1.55. The number of amides is 1. The molecule has 0 atom stereocenters. The Morgan fingerprint density at radius 1 is 1.21 bits per heavy atom. The smallest absolute Gasteiger partial charge is 0.303 e. The number of nitrogens with zero attached hydrogens (tertiary/aromatic N) is 3. The van der Waals surface area contributed by atoms with E-state index in [2.05, 4.69) is 32.4 Å². The summed E-state index contributed by atoms with van der Waals surface area (Å²) in [5.41, 5.74) is 4.69. The van der Waals surface area contributed by atoms with Gasteiger partial charge in [-0.3, -0.25) is 9.59 Å². The monoisotopic (exact) mass is 397 g/mol. The van der Waals surface area contributed by atoms with Crippen LogP contribution in [0.25, 0.3) is 11.0 Å². The first-order valence-electron chi connectivity index (χ1n) is 9.59. The van der Waals surface area contributed by atoms with E-state index in [1.165, 1.54) is 22.2 Å². The van der Waals surface area contributed by atoms with E-state index >= 15 is 0 Å². The molecule has 0 aliphatic carbocycles. The van der Waals surface area contributed by atoms with Gasteiger partial charge in [0.1, 0.15) is 5.65 Å². The summed E-state index contributed by atoms with van der Waals surface area (Å²) in [6.07, 6.45) is 4.35. The third-order valence-corrected chi connectivity index (χ3v) is 6.05. The van der Waals surface area contributed by atoms with Gasteiger partial charge in [0.25, 0.3) is 0 Å². The van der Waals surface area contributed by atoms with Crippen LogP contribution < -0.4 is 0 Å². The number of carbonyl (C=O) groups is 2. The van der Waals surface area contributed by atoms with Gasteiger partial charge in [-0.1, -0.05) is 0 Å². The van der Waals surface area contributed by atoms with Gasteiger partial charge in [0.2, 0.25) is 5.91 Å². The first-order valence-corrected chi connectivity index (χ1v) is 10.5. The molecule has 28 heavy (non-hydrogen) atoms. The van der Waals surface area contributed by atoms with Crippen molar-refractivity contribution in [2.24, 2.45) is 0 Å². The second kappa shape index (κ2) is 8.14. The minimum absolute atomic E-state index is 0.108. The Kier molecular flexibility index (Phi) is 5.43. The van der Waals surface area contributed by atoms with E-state index in [0.29, 0.717) is 32.4 Å². The van der Waals surface area contributed by atoms with Crippen molar-refractivity contribution in [3.63, 3.8) is 0 Å². The number of fused-ring (bicyclic) bond motifs is 3. The molecule has 7 heteroatoms. The minimum Gasteiger partial charge on any atom is -0.481 e. The zero-order valence-electron chi connectivity index (χ0n) is 15.6. The highest BCUT2D eigenvalue weighted by atomic mass is 32.1. The van der Waals surface area contributed by atoms with E-state index in [0.717, 1.165) is 18.6 Å². The molecule has 0 aromatic carbocycles.